The predicted octanol–water partition coefficient (Wildman–Crippen LogP) is 3.08. The van der Waals surface area contributed by atoms with Crippen LogP contribution in [0.4, 0.5) is 0 Å². The number of H-pyrrole nitrogens is 1. The summed E-state index contributed by atoms with van der Waals surface area (Å²) in [6.45, 7) is 4.51. The van der Waals surface area contributed by atoms with Gasteiger partial charge in [0.15, 0.2) is 5.78 Å². The van der Waals surface area contributed by atoms with E-state index in [1.54, 1.807) is 0 Å². The molecule has 0 unspecified atom stereocenters. The van der Waals surface area contributed by atoms with Gasteiger partial charge in [0.2, 0.25) is 0 Å². The number of aromatic amines is 1. The van der Waals surface area contributed by atoms with Gasteiger partial charge in [0.1, 0.15) is 0 Å². The summed E-state index contributed by atoms with van der Waals surface area (Å²) in [6, 6.07) is 2.56. The number of carbonyl (C=O) groups excluding carboxylic acids is 1. The summed E-state index contributed by atoms with van der Waals surface area (Å²) >= 11 is 0. The van der Waals surface area contributed by atoms with Crippen LogP contribution in [0, 0.1) is 13.8 Å². The molecule has 0 bridgehead atoms. The van der Waals surface area contributed by atoms with Gasteiger partial charge in [-0.25, -0.2) is 0 Å². The molecule has 1 saturated carbocycles. The molecule has 0 radical (unpaired) electrons. The minimum Gasteiger partial charge on any atom is -0.362 e. The number of likely N-dealkylation sites (N-methyl/N-ethyl adjacent to an activating group) is 1. The molecule has 100 valence electrons. The maximum atomic E-state index is 12.3. The lowest BCUT2D eigenvalue weighted by atomic mass is 9.94. The molecule has 0 aliphatic heterocycles. The maximum absolute atomic E-state index is 12.3. The number of Topliss-reactive ketones (excluding diaryl/α,β-unsaturated/α-hetero) is 1. The topological polar surface area (TPSA) is 36.1 Å². The van der Waals surface area contributed by atoms with Gasteiger partial charge in [-0.1, -0.05) is 19.3 Å². The molecule has 3 nitrogen and oxygen atoms in total. The Morgan fingerprint density at radius 1 is 1.33 bits per heavy atom. The molecular formula is C15H24N2O. The molecule has 1 aromatic rings. The Balaban J connectivity index is 1.96. The van der Waals surface area contributed by atoms with E-state index in [0.717, 1.165) is 17.0 Å². The molecule has 0 atom stereocenters. The summed E-state index contributed by atoms with van der Waals surface area (Å²) in [5, 5.41) is 0. The number of carbonyl (C=O) groups is 1. The first-order valence-corrected chi connectivity index (χ1v) is 6.97. The van der Waals surface area contributed by atoms with E-state index in [0.29, 0.717) is 12.6 Å². The second-order valence-electron chi connectivity index (χ2n) is 5.62. The predicted molar refractivity (Wildman–Crippen MR) is 74.1 cm³/mol. The van der Waals surface area contributed by atoms with Gasteiger partial charge in [-0.05, 0) is 39.8 Å². The Hall–Kier alpha value is -1.09. The summed E-state index contributed by atoms with van der Waals surface area (Å²) in [6.07, 6.45) is 6.47. The highest BCUT2D eigenvalue weighted by Gasteiger charge is 2.21. The first-order valence-electron chi connectivity index (χ1n) is 6.97. The van der Waals surface area contributed by atoms with Gasteiger partial charge in [0.05, 0.1) is 6.54 Å². The lowest BCUT2D eigenvalue weighted by Crippen LogP contribution is -2.37. The van der Waals surface area contributed by atoms with Crippen molar-refractivity contribution in [1.29, 1.82) is 0 Å². The fraction of sp³-hybridized carbons (Fsp3) is 0.667. The van der Waals surface area contributed by atoms with Gasteiger partial charge in [-0.3, -0.25) is 9.69 Å². The number of aromatic nitrogens is 1. The minimum atomic E-state index is 0.241. The van der Waals surface area contributed by atoms with Crippen LogP contribution in [0.25, 0.3) is 0 Å². The molecule has 0 spiro atoms. The van der Waals surface area contributed by atoms with E-state index in [4.69, 9.17) is 0 Å². The van der Waals surface area contributed by atoms with Crippen LogP contribution in [0.3, 0.4) is 0 Å². The van der Waals surface area contributed by atoms with Gasteiger partial charge in [-0.15, -0.1) is 0 Å². The third-order valence-electron chi connectivity index (χ3n) is 4.04. The monoisotopic (exact) mass is 248 g/mol. The highest BCUT2D eigenvalue weighted by Crippen LogP contribution is 2.22. The molecule has 1 N–H and O–H groups in total. The van der Waals surface area contributed by atoms with Crippen molar-refractivity contribution in [2.75, 3.05) is 13.6 Å². The van der Waals surface area contributed by atoms with Crippen molar-refractivity contribution in [1.82, 2.24) is 9.88 Å². The average Bonchev–Trinajstić information content (AvgIpc) is 2.69. The zero-order chi connectivity index (χ0) is 13.1. The van der Waals surface area contributed by atoms with E-state index in [2.05, 4.69) is 16.9 Å². The van der Waals surface area contributed by atoms with Gasteiger partial charge in [-0.2, -0.15) is 0 Å². The zero-order valence-corrected chi connectivity index (χ0v) is 11.8. The van der Waals surface area contributed by atoms with Crippen LogP contribution in [-0.2, 0) is 0 Å². The van der Waals surface area contributed by atoms with Crippen molar-refractivity contribution in [2.24, 2.45) is 0 Å². The van der Waals surface area contributed by atoms with Crippen molar-refractivity contribution in [2.45, 2.75) is 52.0 Å². The zero-order valence-electron chi connectivity index (χ0n) is 11.8. The molecule has 0 amide bonds. The molecule has 1 aliphatic rings. The largest absolute Gasteiger partial charge is 0.362 e. The molecule has 18 heavy (non-hydrogen) atoms. The summed E-state index contributed by atoms with van der Waals surface area (Å²) in [5.74, 6) is 0.241. The highest BCUT2D eigenvalue weighted by atomic mass is 16.1. The number of nitrogens with one attached hydrogen (secondary N) is 1. The SMILES string of the molecule is Cc1cc(C(=O)CN(C)C2CCCCC2)c(C)[nH]1. The maximum Gasteiger partial charge on any atom is 0.178 e. The number of aryl methyl sites for hydroxylation is 2. The first kappa shape index (κ1) is 13.3. The molecule has 2 rings (SSSR count). The number of hydrogen-bond donors (Lipinski definition) is 1. The molecule has 1 aromatic heterocycles. The van der Waals surface area contributed by atoms with Crippen LogP contribution < -0.4 is 0 Å². The Labute approximate surface area is 110 Å². The fourth-order valence-electron chi connectivity index (χ4n) is 2.98. The van der Waals surface area contributed by atoms with Gasteiger partial charge in [0.25, 0.3) is 0 Å². The number of nitrogens with zero attached hydrogens (tertiary/aromatic N) is 1. The third-order valence-corrected chi connectivity index (χ3v) is 4.04. The Bertz CT molecular complexity index is 416. The normalized spacial score (nSPS) is 17.3. The average molecular weight is 248 g/mol. The number of rotatable bonds is 4. The second kappa shape index (κ2) is 5.70. The standard InChI is InChI=1S/C15H24N2O/c1-11-9-14(12(2)16-11)15(18)10-17(3)13-7-5-4-6-8-13/h9,13,16H,4-8,10H2,1-3H3. The molecule has 0 aromatic carbocycles. The number of hydrogen-bond acceptors (Lipinski definition) is 2. The van der Waals surface area contributed by atoms with Gasteiger partial charge >= 0.3 is 0 Å². The number of ketones is 1. The van der Waals surface area contributed by atoms with Crippen molar-refractivity contribution in [3.05, 3.63) is 23.0 Å². The third kappa shape index (κ3) is 3.02. The smallest absolute Gasteiger partial charge is 0.178 e. The molecule has 1 fully saturated rings. The quantitative estimate of drug-likeness (QED) is 0.831. The molecule has 3 heteroatoms. The van der Waals surface area contributed by atoms with E-state index in [1.165, 1.54) is 32.1 Å². The summed E-state index contributed by atoms with van der Waals surface area (Å²) in [5.41, 5.74) is 2.92. The van der Waals surface area contributed by atoms with Crippen LogP contribution in [0.2, 0.25) is 0 Å². The van der Waals surface area contributed by atoms with Crippen molar-refractivity contribution in [3.8, 4) is 0 Å². The van der Waals surface area contributed by atoms with E-state index < -0.39 is 0 Å². The molecular weight excluding hydrogens is 224 g/mol. The lowest BCUT2D eigenvalue weighted by Gasteiger charge is -2.30. The van der Waals surface area contributed by atoms with Crippen LogP contribution >= 0.6 is 0 Å². The van der Waals surface area contributed by atoms with E-state index in [9.17, 15) is 4.79 Å². The highest BCUT2D eigenvalue weighted by molar-refractivity contribution is 5.98. The van der Waals surface area contributed by atoms with Gasteiger partial charge < -0.3 is 4.98 Å². The Morgan fingerprint density at radius 3 is 2.56 bits per heavy atom. The van der Waals surface area contributed by atoms with Crippen molar-refractivity contribution in [3.63, 3.8) is 0 Å². The van der Waals surface area contributed by atoms with Crippen LogP contribution in [0.15, 0.2) is 6.07 Å². The lowest BCUT2D eigenvalue weighted by molar-refractivity contribution is 0.0899. The summed E-state index contributed by atoms with van der Waals surface area (Å²) in [7, 11) is 2.09. The van der Waals surface area contributed by atoms with E-state index >= 15 is 0 Å². The molecule has 1 aliphatic carbocycles. The first-order chi connectivity index (χ1) is 8.58. The minimum absolute atomic E-state index is 0.241. The van der Waals surface area contributed by atoms with Crippen LogP contribution in [0.5, 0.6) is 0 Å². The van der Waals surface area contributed by atoms with Crippen molar-refractivity contribution >= 4 is 5.78 Å². The summed E-state index contributed by atoms with van der Waals surface area (Å²) in [4.78, 5) is 17.7. The summed E-state index contributed by atoms with van der Waals surface area (Å²) < 4.78 is 0. The molecule has 0 saturated heterocycles. The Kier molecular flexibility index (Phi) is 4.23. The van der Waals surface area contributed by atoms with Gasteiger partial charge in [0, 0.05) is 23.0 Å². The Morgan fingerprint density at radius 2 is 2.00 bits per heavy atom. The van der Waals surface area contributed by atoms with E-state index in [-0.39, 0.29) is 5.78 Å². The fourth-order valence-corrected chi connectivity index (χ4v) is 2.98. The van der Waals surface area contributed by atoms with Crippen LogP contribution in [0.1, 0.15) is 53.8 Å². The van der Waals surface area contributed by atoms with Crippen molar-refractivity contribution < 1.29 is 4.79 Å². The second-order valence-corrected chi connectivity index (χ2v) is 5.62. The van der Waals surface area contributed by atoms with E-state index in [1.807, 2.05) is 19.9 Å². The molecule has 1 heterocycles. The van der Waals surface area contributed by atoms with Crippen LogP contribution in [-0.4, -0.2) is 35.3 Å².